The molecular formula is C16H20BrN3. The van der Waals surface area contributed by atoms with Gasteiger partial charge in [-0.25, -0.2) is 9.97 Å². The Morgan fingerprint density at radius 1 is 1.15 bits per heavy atom. The summed E-state index contributed by atoms with van der Waals surface area (Å²) in [6, 6.07) is 10.4. The van der Waals surface area contributed by atoms with Crippen molar-refractivity contribution in [2.45, 2.75) is 33.6 Å². The molecule has 0 spiro atoms. The number of halogens is 1. The molecule has 0 bridgehead atoms. The van der Waals surface area contributed by atoms with Gasteiger partial charge >= 0.3 is 0 Å². The van der Waals surface area contributed by atoms with Crippen LogP contribution in [-0.4, -0.2) is 16.5 Å². The molecule has 0 saturated carbocycles. The van der Waals surface area contributed by atoms with Crippen molar-refractivity contribution in [2.75, 3.05) is 11.4 Å². The maximum Gasteiger partial charge on any atom is 0.137 e. The predicted molar refractivity (Wildman–Crippen MR) is 87.6 cm³/mol. The molecule has 1 aromatic heterocycles. The number of rotatable bonds is 5. The van der Waals surface area contributed by atoms with Gasteiger partial charge in [-0.1, -0.05) is 25.1 Å². The lowest BCUT2D eigenvalue weighted by atomic mass is 10.2. The van der Waals surface area contributed by atoms with Gasteiger partial charge in [-0.2, -0.15) is 0 Å². The van der Waals surface area contributed by atoms with E-state index >= 15 is 0 Å². The van der Waals surface area contributed by atoms with Crippen LogP contribution in [0.15, 0.2) is 34.9 Å². The predicted octanol–water partition coefficient (Wildman–Crippen LogP) is 4.66. The Hall–Kier alpha value is -1.42. The van der Waals surface area contributed by atoms with E-state index in [9.17, 15) is 0 Å². The van der Waals surface area contributed by atoms with Crippen LogP contribution < -0.4 is 4.90 Å². The topological polar surface area (TPSA) is 29.0 Å². The third kappa shape index (κ3) is 3.37. The molecule has 3 nitrogen and oxygen atoms in total. The molecule has 2 aromatic rings. The highest BCUT2D eigenvalue weighted by Gasteiger charge is 2.13. The molecule has 0 N–H and O–H groups in total. The normalized spacial score (nSPS) is 10.6. The number of hydrogen-bond acceptors (Lipinski definition) is 3. The van der Waals surface area contributed by atoms with Crippen molar-refractivity contribution in [3.63, 3.8) is 0 Å². The van der Waals surface area contributed by atoms with E-state index in [4.69, 9.17) is 4.98 Å². The maximum absolute atomic E-state index is 4.70. The number of benzene rings is 1. The van der Waals surface area contributed by atoms with Gasteiger partial charge in [0.15, 0.2) is 0 Å². The standard InChI is InChI=1S/C16H20BrN3/c1-4-8-15-18-14(17)11-16(19-15)20(5-2)13-10-7-6-9-12(13)3/h6-7,9-11H,4-5,8H2,1-3H3. The summed E-state index contributed by atoms with van der Waals surface area (Å²) in [5.41, 5.74) is 2.45. The fourth-order valence-electron chi connectivity index (χ4n) is 2.25. The van der Waals surface area contributed by atoms with Crippen molar-refractivity contribution >= 4 is 27.4 Å². The first-order valence-corrected chi connectivity index (χ1v) is 7.81. The van der Waals surface area contributed by atoms with E-state index in [0.717, 1.165) is 35.6 Å². The van der Waals surface area contributed by atoms with E-state index in [1.54, 1.807) is 0 Å². The number of nitrogens with zero attached hydrogens (tertiary/aromatic N) is 3. The summed E-state index contributed by atoms with van der Waals surface area (Å²) >= 11 is 3.49. The summed E-state index contributed by atoms with van der Waals surface area (Å²) < 4.78 is 0.845. The fourth-order valence-corrected chi connectivity index (χ4v) is 2.66. The average molecular weight is 334 g/mol. The summed E-state index contributed by atoms with van der Waals surface area (Å²) in [4.78, 5) is 11.4. The largest absolute Gasteiger partial charge is 0.326 e. The smallest absolute Gasteiger partial charge is 0.137 e. The molecule has 1 heterocycles. The van der Waals surface area contributed by atoms with E-state index in [0.29, 0.717) is 0 Å². The molecule has 4 heteroatoms. The Morgan fingerprint density at radius 3 is 2.55 bits per heavy atom. The van der Waals surface area contributed by atoms with Crippen molar-refractivity contribution in [3.05, 3.63) is 46.3 Å². The van der Waals surface area contributed by atoms with Crippen molar-refractivity contribution in [1.82, 2.24) is 9.97 Å². The minimum atomic E-state index is 0.845. The Kier molecular flexibility index (Phi) is 5.12. The highest BCUT2D eigenvalue weighted by Crippen LogP contribution is 2.28. The molecule has 0 unspecified atom stereocenters. The van der Waals surface area contributed by atoms with Crippen LogP contribution in [0.3, 0.4) is 0 Å². The zero-order valence-electron chi connectivity index (χ0n) is 12.2. The van der Waals surface area contributed by atoms with Crippen LogP contribution in [0.2, 0.25) is 0 Å². The lowest BCUT2D eigenvalue weighted by molar-refractivity contribution is 0.819. The van der Waals surface area contributed by atoms with Gasteiger partial charge in [0.25, 0.3) is 0 Å². The summed E-state index contributed by atoms with van der Waals surface area (Å²) in [7, 11) is 0. The van der Waals surface area contributed by atoms with Gasteiger partial charge in [0, 0.05) is 24.7 Å². The third-order valence-electron chi connectivity index (χ3n) is 3.20. The SMILES string of the molecule is CCCc1nc(Br)cc(N(CC)c2ccccc2C)n1. The second-order valence-corrected chi connectivity index (χ2v) is 5.56. The van der Waals surface area contributed by atoms with E-state index in [1.807, 2.05) is 6.07 Å². The van der Waals surface area contributed by atoms with E-state index in [2.05, 4.69) is 70.9 Å². The Bertz CT molecular complexity index is 584. The van der Waals surface area contributed by atoms with Crippen LogP contribution in [0.5, 0.6) is 0 Å². The first-order chi connectivity index (χ1) is 9.65. The second-order valence-electron chi connectivity index (χ2n) is 4.75. The van der Waals surface area contributed by atoms with E-state index in [-0.39, 0.29) is 0 Å². The number of para-hydroxylation sites is 1. The molecule has 0 amide bonds. The highest BCUT2D eigenvalue weighted by atomic mass is 79.9. The van der Waals surface area contributed by atoms with E-state index in [1.165, 1.54) is 11.3 Å². The highest BCUT2D eigenvalue weighted by molar-refractivity contribution is 9.10. The summed E-state index contributed by atoms with van der Waals surface area (Å²) in [6.45, 7) is 7.28. The van der Waals surface area contributed by atoms with Gasteiger partial charge in [0.2, 0.25) is 0 Å². The van der Waals surface area contributed by atoms with Crippen LogP contribution in [0, 0.1) is 6.92 Å². The molecule has 1 aromatic carbocycles. The van der Waals surface area contributed by atoms with Crippen molar-refractivity contribution in [1.29, 1.82) is 0 Å². The molecule has 0 aliphatic heterocycles. The average Bonchev–Trinajstić information content (AvgIpc) is 2.41. The van der Waals surface area contributed by atoms with Gasteiger partial charge in [-0.05, 0) is 47.8 Å². The summed E-state index contributed by atoms with van der Waals surface area (Å²) in [5.74, 6) is 1.84. The Morgan fingerprint density at radius 2 is 1.90 bits per heavy atom. The van der Waals surface area contributed by atoms with Gasteiger partial charge in [-0.15, -0.1) is 0 Å². The molecule has 0 fully saturated rings. The van der Waals surface area contributed by atoms with E-state index < -0.39 is 0 Å². The van der Waals surface area contributed by atoms with Crippen molar-refractivity contribution in [3.8, 4) is 0 Å². The summed E-state index contributed by atoms with van der Waals surface area (Å²) in [5, 5.41) is 0. The zero-order chi connectivity index (χ0) is 14.5. The van der Waals surface area contributed by atoms with Gasteiger partial charge in [0.05, 0.1) is 0 Å². The molecule has 0 saturated heterocycles. The van der Waals surface area contributed by atoms with Crippen LogP contribution in [0.1, 0.15) is 31.7 Å². The third-order valence-corrected chi connectivity index (χ3v) is 3.61. The lowest BCUT2D eigenvalue weighted by Gasteiger charge is -2.24. The lowest BCUT2D eigenvalue weighted by Crippen LogP contribution is -2.19. The molecule has 0 atom stereocenters. The molecule has 20 heavy (non-hydrogen) atoms. The molecule has 0 aliphatic rings. The minimum Gasteiger partial charge on any atom is -0.326 e. The number of aromatic nitrogens is 2. The number of anilines is 2. The van der Waals surface area contributed by atoms with Crippen molar-refractivity contribution < 1.29 is 0 Å². The number of hydrogen-bond donors (Lipinski definition) is 0. The molecule has 2 rings (SSSR count). The first-order valence-electron chi connectivity index (χ1n) is 7.02. The fraction of sp³-hybridized carbons (Fsp3) is 0.375. The van der Waals surface area contributed by atoms with Crippen LogP contribution in [-0.2, 0) is 6.42 Å². The molecule has 0 aliphatic carbocycles. The Labute approximate surface area is 129 Å². The quantitative estimate of drug-likeness (QED) is 0.745. The Balaban J connectivity index is 2.44. The van der Waals surface area contributed by atoms with Crippen LogP contribution >= 0.6 is 15.9 Å². The summed E-state index contributed by atoms with van der Waals surface area (Å²) in [6.07, 6.45) is 1.95. The molecule has 0 radical (unpaired) electrons. The minimum absolute atomic E-state index is 0.845. The zero-order valence-corrected chi connectivity index (χ0v) is 13.8. The van der Waals surface area contributed by atoms with Gasteiger partial charge in [-0.3, -0.25) is 0 Å². The molecular weight excluding hydrogens is 314 g/mol. The van der Waals surface area contributed by atoms with Gasteiger partial charge < -0.3 is 4.90 Å². The molecule has 106 valence electrons. The maximum atomic E-state index is 4.70. The second kappa shape index (κ2) is 6.84. The van der Waals surface area contributed by atoms with Gasteiger partial charge in [0.1, 0.15) is 16.2 Å². The van der Waals surface area contributed by atoms with Crippen molar-refractivity contribution in [2.24, 2.45) is 0 Å². The number of aryl methyl sites for hydroxylation is 2. The first kappa shape index (κ1) is 15.0. The van der Waals surface area contributed by atoms with Crippen LogP contribution in [0.4, 0.5) is 11.5 Å². The monoisotopic (exact) mass is 333 g/mol. The van der Waals surface area contributed by atoms with Crippen LogP contribution in [0.25, 0.3) is 0 Å².